The standard InChI is InChI=1S/C37H55FN6O2S/c1-4-6-7-10-20-44-31-24-37(33(38)23-27-12-8-9-14-32(27)47-37)17-15-30(31)35(40-36(44)46-26-29-13-11-19-41(29)3)42-21-22-43(34(45)5-2)28(25-42)16-18-39/h5,8-9,12,14,28-31,33,35-36,40H,2,4,6-7,10-11,13,15-17,19-26H2,1,3H3/t28?,29?,30?,31?,33?,35?,36?,37-/m0/s1. The van der Waals surface area contributed by atoms with Crippen molar-refractivity contribution in [3.63, 3.8) is 0 Å². The molecule has 47 heavy (non-hydrogen) atoms. The zero-order valence-corrected chi connectivity index (χ0v) is 29.3. The first-order chi connectivity index (χ1) is 22.9. The normalized spacial score (nSPS) is 34.9. The fourth-order valence-electron chi connectivity index (χ4n) is 9.03. The van der Waals surface area contributed by atoms with E-state index in [1.165, 1.54) is 36.7 Å². The molecule has 8 atom stereocenters. The van der Waals surface area contributed by atoms with E-state index < -0.39 is 10.9 Å². The lowest BCUT2D eigenvalue weighted by molar-refractivity contribution is -0.186. The minimum absolute atomic E-state index is 0.0247. The molecule has 0 aromatic heterocycles. The van der Waals surface area contributed by atoms with Gasteiger partial charge in [0.25, 0.3) is 0 Å². The molecule has 4 heterocycles. The van der Waals surface area contributed by atoms with Crippen LogP contribution in [0.5, 0.6) is 0 Å². The number of ether oxygens (including phenoxy) is 1. The number of unbranched alkanes of at least 4 members (excludes halogenated alkanes) is 3. The Morgan fingerprint density at radius 2 is 2.06 bits per heavy atom. The molecule has 0 bridgehead atoms. The number of nitriles is 1. The predicted molar refractivity (Wildman–Crippen MR) is 185 cm³/mol. The average Bonchev–Trinajstić information content (AvgIpc) is 3.50. The van der Waals surface area contributed by atoms with Gasteiger partial charge in [0, 0.05) is 55.5 Å². The van der Waals surface area contributed by atoms with Crippen LogP contribution in [0, 0.1) is 17.2 Å². The fraction of sp³-hybridized carbons (Fsp3) is 0.730. The third-order valence-electron chi connectivity index (χ3n) is 11.7. The molecule has 1 amide bonds. The molecule has 3 saturated heterocycles. The highest BCUT2D eigenvalue weighted by molar-refractivity contribution is 8.00. The number of benzene rings is 1. The van der Waals surface area contributed by atoms with Crippen molar-refractivity contribution in [1.29, 1.82) is 5.26 Å². The first-order valence-electron chi connectivity index (χ1n) is 18.2. The number of piperazine rings is 1. The van der Waals surface area contributed by atoms with Crippen LogP contribution in [0.1, 0.15) is 76.7 Å². The number of rotatable bonds is 11. The number of halogens is 1. The van der Waals surface area contributed by atoms with Gasteiger partial charge in [-0.05, 0) is 69.8 Å². The highest BCUT2D eigenvalue weighted by atomic mass is 32.2. The molecule has 10 heteroatoms. The fourth-order valence-corrected chi connectivity index (χ4v) is 10.6. The van der Waals surface area contributed by atoms with E-state index in [0.29, 0.717) is 32.2 Å². The van der Waals surface area contributed by atoms with Gasteiger partial charge in [-0.3, -0.25) is 19.9 Å². The van der Waals surface area contributed by atoms with Crippen LogP contribution >= 0.6 is 11.8 Å². The van der Waals surface area contributed by atoms with E-state index in [4.69, 9.17) is 4.74 Å². The Hall–Kier alpha value is -2.00. The SMILES string of the molecule is C=CC(=O)N1CCN(C2NC(OCC3CCCN3C)N(CCCCCC)C3C[C@]4(CCC23)Sc2ccccc2CC4F)CC1CC#N. The molecular formula is C37H55FN6O2S. The lowest BCUT2D eigenvalue weighted by Crippen LogP contribution is -2.74. The number of carbonyl (C=O) groups excluding carboxylic acids is 1. The maximum absolute atomic E-state index is 16.5. The van der Waals surface area contributed by atoms with E-state index in [0.717, 1.165) is 57.3 Å². The highest BCUT2D eigenvalue weighted by Gasteiger charge is 2.56. The van der Waals surface area contributed by atoms with Gasteiger partial charge in [-0.25, -0.2) is 4.39 Å². The van der Waals surface area contributed by atoms with E-state index in [1.54, 1.807) is 11.8 Å². The van der Waals surface area contributed by atoms with Crippen LogP contribution < -0.4 is 5.32 Å². The van der Waals surface area contributed by atoms with Crippen LogP contribution in [0.15, 0.2) is 41.8 Å². The summed E-state index contributed by atoms with van der Waals surface area (Å²) < 4.78 is 22.9. The minimum Gasteiger partial charge on any atom is -0.348 e. The van der Waals surface area contributed by atoms with Crippen molar-refractivity contribution in [2.24, 2.45) is 5.92 Å². The van der Waals surface area contributed by atoms with Gasteiger partial charge in [-0.15, -0.1) is 11.8 Å². The number of nitrogens with one attached hydrogen (secondary N) is 1. The highest BCUT2D eigenvalue weighted by Crippen LogP contribution is 2.55. The number of likely N-dealkylation sites (tertiary alicyclic amines) is 1. The number of fused-ring (bicyclic) bond motifs is 2. The van der Waals surface area contributed by atoms with Gasteiger partial charge in [0.05, 0.1) is 36.1 Å². The molecule has 1 N–H and O–H groups in total. The summed E-state index contributed by atoms with van der Waals surface area (Å²) in [6.07, 6.45) is 10.6. The van der Waals surface area contributed by atoms with Crippen molar-refractivity contribution < 1.29 is 13.9 Å². The van der Waals surface area contributed by atoms with E-state index in [1.807, 2.05) is 11.0 Å². The Balaban J connectivity index is 1.30. The average molecular weight is 667 g/mol. The third kappa shape index (κ3) is 7.46. The van der Waals surface area contributed by atoms with Gasteiger partial charge in [0.2, 0.25) is 5.91 Å². The van der Waals surface area contributed by atoms with Gasteiger partial charge in [0.15, 0.2) is 6.35 Å². The van der Waals surface area contributed by atoms with Crippen LogP contribution in [-0.2, 0) is 16.0 Å². The number of carbonyl (C=O) groups is 1. The van der Waals surface area contributed by atoms with Crippen LogP contribution in [0.3, 0.4) is 0 Å². The van der Waals surface area contributed by atoms with E-state index >= 15 is 4.39 Å². The summed E-state index contributed by atoms with van der Waals surface area (Å²) in [4.78, 5) is 23.2. The number of amides is 1. The molecule has 1 spiro atoms. The van der Waals surface area contributed by atoms with Crippen molar-refractivity contribution in [3.05, 3.63) is 42.5 Å². The molecular weight excluding hydrogens is 612 g/mol. The van der Waals surface area contributed by atoms with Crippen LogP contribution in [0.25, 0.3) is 0 Å². The Morgan fingerprint density at radius 3 is 2.83 bits per heavy atom. The summed E-state index contributed by atoms with van der Waals surface area (Å²) in [6, 6.07) is 11.1. The summed E-state index contributed by atoms with van der Waals surface area (Å²) in [6.45, 7) is 10.6. The molecule has 7 unspecified atom stereocenters. The van der Waals surface area contributed by atoms with E-state index in [-0.39, 0.29) is 42.8 Å². The van der Waals surface area contributed by atoms with Gasteiger partial charge in [-0.1, -0.05) is 51.0 Å². The first-order valence-corrected chi connectivity index (χ1v) is 19.0. The van der Waals surface area contributed by atoms with Crippen LogP contribution in [0.2, 0.25) is 0 Å². The molecule has 1 aliphatic carbocycles. The number of hydrogen-bond acceptors (Lipinski definition) is 8. The monoisotopic (exact) mass is 666 g/mol. The van der Waals surface area contributed by atoms with E-state index in [9.17, 15) is 10.1 Å². The number of likely N-dealkylation sites (N-methyl/N-ethyl adjacent to an activating group) is 1. The second kappa shape index (κ2) is 15.7. The Labute approximate surface area is 286 Å². The molecule has 4 aliphatic heterocycles. The van der Waals surface area contributed by atoms with Crippen molar-refractivity contribution in [3.8, 4) is 6.07 Å². The third-order valence-corrected chi connectivity index (χ3v) is 13.4. The summed E-state index contributed by atoms with van der Waals surface area (Å²) in [5, 5.41) is 13.7. The number of thioether (sulfide) groups is 1. The number of alkyl halides is 1. The zero-order valence-electron chi connectivity index (χ0n) is 28.5. The second-order valence-electron chi connectivity index (χ2n) is 14.5. The smallest absolute Gasteiger partial charge is 0.246 e. The van der Waals surface area contributed by atoms with Crippen molar-refractivity contribution in [2.75, 3.05) is 46.4 Å². The lowest BCUT2D eigenvalue weighted by Gasteiger charge is -2.59. The first kappa shape index (κ1) is 34.8. The van der Waals surface area contributed by atoms with Crippen molar-refractivity contribution >= 4 is 17.7 Å². The van der Waals surface area contributed by atoms with Gasteiger partial charge >= 0.3 is 0 Å². The molecule has 1 aromatic rings. The van der Waals surface area contributed by atoms with Crippen molar-refractivity contribution in [2.45, 2.75) is 124 Å². The molecule has 0 radical (unpaired) electrons. The molecule has 8 nitrogen and oxygen atoms in total. The summed E-state index contributed by atoms with van der Waals surface area (Å²) in [5.41, 5.74) is 1.13. The largest absolute Gasteiger partial charge is 0.348 e. The predicted octanol–water partition coefficient (Wildman–Crippen LogP) is 5.40. The lowest BCUT2D eigenvalue weighted by atomic mass is 9.71. The maximum atomic E-state index is 16.5. The maximum Gasteiger partial charge on any atom is 0.246 e. The molecule has 6 rings (SSSR count). The molecule has 4 fully saturated rings. The van der Waals surface area contributed by atoms with Crippen LogP contribution in [0.4, 0.5) is 4.39 Å². The Kier molecular flexibility index (Phi) is 11.6. The summed E-state index contributed by atoms with van der Waals surface area (Å²) in [7, 11) is 2.19. The summed E-state index contributed by atoms with van der Waals surface area (Å²) >= 11 is 1.79. The van der Waals surface area contributed by atoms with Gasteiger partial charge in [-0.2, -0.15) is 5.26 Å². The van der Waals surface area contributed by atoms with Crippen molar-refractivity contribution in [1.82, 2.24) is 24.9 Å². The number of nitrogens with zero attached hydrogens (tertiary/aromatic N) is 5. The quantitative estimate of drug-likeness (QED) is 0.249. The molecule has 258 valence electrons. The topological polar surface area (TPSA) is 75.1 Å². The minimum atomic E-state index is -0.890. The number of hydrogen-bond donors (Lipinski definition) is 1. The zero-order chi connectivity index (χ0) is 33.0. The van der Waals surface area contributed by atoms with Crippen LogP contribution in [-0.4, -0.2) is 113 Å². The van der Waals surface area contributed by atoms with Gasteiger partial charge in [0.1, 0.15) is 6.17 Å². The molecule has 1 saturated carbocycles. The Bertz CT molecular complexity index is 1280. The molecule has 5 aliphatic rings. The molecule has 1 aromatic carbocycles. The van der Waals surface area contributed by atoms with Gasteiger partial charge < -0.3 is 14.5 Å². The second-order valence-corrected chi connectivity index (χ2v) is 16.0. The Morgan fingerprint density at radius 1 is 1.21 bits per heavy atom. The summed E-state index contributed by atoms with van der Waals surface area (Å²) in [5.74, 6) is 0.179. The van der Waals surface area contributed by atoms with E-state index in [2.05, 4.69) is 64.8 Å².